The number of nitrogens with zero attached hydrogens (tertiary/aromatic N) is 1. The Labute approximate surface area is 41.2 Å². The molecular weight excluding hydrogens is 71.7 g/mol. The van der Waals surface area contributed by atoms with E-state index >= 15 is 0 Å². The molecular formula is C3H11B2N. The smallest absolute Gasteiger partial charge is 0.204 e. The molecule has 0 spiro atoms. The van der Waals surface area contributed by atoms with E-state index in [1.165, 1.54) is 0 Å². The van der Waals surface area contributed by atoms with Crippen LogP contribution in [0.2, 0.25) is 13.6 Å². The topological polar surface area (TPSA) is 3.24 Å². The van der Waals surface area contributed by atoms with Crippen molar-refractivity contribution in [2.45, 2.75) is 13.6 Å². The van der Waals surface area contributed by atoms with Gasteiger partial charge in [-0.2, -0.15) is 0 Å². The first-order valence-corrected chi connectivity index (χ1v) is 2.31. The molecule has 0 aliphatic heterocycles. The zero-order valence-electron chi connectivity index (χ0n) is 5.02. The second-order valence-corrected chi connectivity index (χ2v) is 2.06. The van der Waals surface area contributed by atoms with Gasteiger partial charge in [-0.1, -0.05) is 13.6 Å². The molecule has 0 atom stereocenters. The molecule has 0 unspecified atom stereocenters. The Morgan fingerprint density at radius 2 is 1.67 bits per heavy atom. The third-order valence-corrected chi connectivity index (χ3v) is 1.03. The lowest BCUT2D eigenvalue weighted by Gasteiger charge is -2.09. The summed E-state index contributed by atoms with van der Waals surface area (Å²) in [6.45, 7) is 5.02. The van der Waals surface area contributed by atoms with Gasteiger partial charge in [0.05, 0.1) is 0 Å². The quantitative estimate of drug-likeness (QED) is 0.394. The Morgan fingerprint density at radius 1 is 1.50 bits per heavy atom. The zero-order valence-corrected chi connectivity index (χ0v) is 5.02. The highest BCUT2D eigenvalue weighted by Crippen LogP contribution is 1.78. The van der Waals surface area contributed by atoms with Gasteiger partial charge in [0.2, 0.25) is 6.85 Å². The molecule has 0 aromatic carbocycles. The molecule has 0 bridgehead atoms. The largest absolute Gasteiger partial charge is 0.393 e. The first-order chi connectivity index (χ1) is 2.64. The van der Waals surface area contributed by atoms with Crippen molar-refractivity contribution in [3.05, 3.63) is 0 Å². The lowest BCUT2D eigenvalue weighted by molar-refractivity contribution is 0.849. The van der Waals surface area contributed by atoms with Crippen molar-refractivity contribution in [1.82, 2.24) is 4.72 Å². The second kappa shape index (κ2) is 2.30. The maximum Gasteiger partial charge on any atom is 0.204 e. The van der Waals surface area contributed by atoms with Crippen LogP contribution < -0.4 is 0 Å². The molecule has 0 aromatic heterocycles. The normalized spacial score (nSPS) is 9.33. The van der Waals surface area contributed by atoms with E-state index in [9.17, 15) is 0 Å². The van der Waals surface area contributed by atoms with Crippen molar-refractivity contribution >= 4 is 14.8 Å². The number of hydrogen-bond donors (Lipinski definition) is 0. The third-order valence-electron chi connectivity index (χ3n) is 1.03. The number of rotatable bonds is 1. The average Bonchev–Trinajstić information content (AvgIpc) is 1.36. The van der Waals surface area contributed by atoms with Crippen molar-refractivity contribution < 1.29 is 0 Å². The molecule has 0 aromatic rings. The Kier molecular flexibility index (Phi) is 2.33. The van der Waals surface area contributed by atoms with Gasteiger partial charge in [0.25, 0.3) is 0 Å². The zero-order chi connectivity index (χ0) is 5.15. The van der Waals surface area contributed by atoms with Crippen LogP contribution in [0.3, 0.4) is 0 Å². The van der Waals surface area contributed by atoms with Crippen molar-refractivity contribution in [3.63, 3.8) is 0 Å². The van der Waals surface area contributed by atoms with Crippen LogP contribution in [0.1, 0.15) is 0 Å². The van der Waals surface area contributed by atoms with E-state index in [1.54, 1.807) is 0 Å². The highest BCUT2D eigenvalue weighted by Gasteiger charge is 1.96. The van der Waals surface area contributed by atoms with E-state index in [1.807, 2.05) is 0 Å². The van der Waals surface area contributed by atoms with Crippen LogP contribution in [0.25, 0.3) is 0 Å². The Hall–Kier alpha value is 0.0899. The SMILES string of the molecule is BN(C)B(C)C. The molecule has 0 aliphatic carbocycles. The Balaban J connectivity index is 2.99. The summed E-state index contributed by atoms with van der Waals surface area (Å²) >= 11 is 0. The standard InChI is InChI=1S/C3H11B2N/c1-5(2)6(3)4/h4H2,1-3H3. The summed E-state index contributed by atoms with van der Waals surface area (Å²) in [6, 6.07) is 0. The van der Waals surface area contributed by atoms with Gasteiger partial charge in [-0.05, 0) is 7.05 Å². The summed E-state index contributed by atoms with van der Waals surface area (Å²) < 4.78 is 2.17. The van der Waals surface area contributed by atoms with Gasteiger partial charge in [0.1, 0.15) is 0 Å². The van der Waals surface area contributed by atoms with Crippen molar-refractivity contribution in [2.75, 3.05) is 7.05 Å². The van der Waals surface area contributed by atoms with E-state index in [0.717, 1.165) is 0 Å². The molecule has 0 radical (unpaired) electrons. The summed E-state index contributed by atoms with van der Waals surface area (Å²) in [4.78, 5) is 0. The van der Waals surface area contributed by atoms with Gasteiger partial charge in [-0.3, -0.25) is 0 Å². The van der Waals surface area contributed by atoms with Gasteiger partial charge in [-0.15, -0.1) is 0 Å². The molecule has 0 amide bonds. The summed E-state index contributed by atoms with van der Waals surface area (Å²) in [5.41, 5.74) is 0. The summed E-state index contributed by atoms with van der Waals surface area (Å²) in [5.74, 6) is 0. The van der Waals surface area contributed by atoms with E-state index < -0.39 is 0 Å². The van der Waals surface area contributed by atoms with Crippen LogP contribution in [0.5, 0.6) is 0 Å². The molecule has 0 N–H and O–H groups in total. The second-order valence-electron chi connectivity index (χ2n) is 2.06. The molecule has 1 nitrogen and oxygen atoms in total. The predicted octanol–water partition coefficient (Wildman–Crippen LogP) is -0.283. The van der Waals surface area contributed by atoms with E-state index in [0.29, 0.717) is 6.85 Å². The first kappa shape index (κ1) is 6.09. The fourth-order valence-electron chi connectivity index (χ4n) is 0. The van der Waals surface area contributed by atoms with Gasteiger partial charge < -0.3 is 4.72 Å². The van der Waals surface area contributed by atoms with Gasteiger partial charge in [0, 0.05) is 0 Å². The maximum atomic E-state index is 2.17. The average molecular weight is 82.8 g/mol. The minimum Gasteiger partial charge on any atom is -0.393 e. The molecule has 0 fully saturated rings. The van der Waals surface area contributed by atoms with Crippen LogP contribution in [0.15, 0.2) is 0 Å². The summed E-state index contributed by atoms with van der Waals surface area (Å²) in [7, 11) is 4.15. The van der Waals surface area contributed by atoms with Gasteiger partial charge in [0.15, 0.2) is 7.98 Å². The van der Waals surface area contributed by atoms with Crippen LogP contribution in [0, 0.1) is 0 Å². The molecule has 6 heavy (non-hydrogen) atoms. The van der Waals surface area contributed by atoms with Gasteiger partial charge >= 0.3 is 0 Å². The van der Waals surface area contributed by atoms with Crippen molar-refractivity contribution in [1.29, 1.82) is 0 Å². The minimum atomic E-state index is 0.685. The Bertz CT molecular complexity index is 29.8. The predicted molar refractivity (Wildman–Crippen MR) is 33.8 cm³/mol. The first-order valence-electron chi connectivity index (χ1n) is 2.31. The molecule has 3 heteroatoms. The van der Waals surface area contributed by atoms with Crippen molar-refractivity contribution in [3.8, 4) is 0 Å². The maximum absolute atomic E-state index is 2.17. The highest BCUT2D eigenvalue weighted by atomic mass is 14.9. The molecule has 0 saturated carbocycles. The molecule has 34 valence electrons. The number of hydrogen-bond acceptors (Lipinski definition) is 1. The molecule has 0 saturated heterocycles. The van der Waals surface area contributed by atoms with E-state index in [4.69, 9.17) is 0 Å². The summed E-state index contributed by atoms with van der Waals surface area (Å²) in [5, 5.41) is 0. The van der Waals surface area contributed by atoms with E-state index in [2.05, 4.69) is 33.4 Å². The lowest BCUT2D eigenvalue weighted by Crippen LogP contribution is -2.26. The highest BCUT2D eigenvalue weighted by molar-refractivity contribution is 6.58. The molecule has 0 heterocycles. The Morgan fingerprint density at radius 3 is 1.67 bits per heavy atom. The van der Waals surface area contributed by atoms with Crippen molar-refractivity contribution in [2.24, 2.45) is 0 Å². The van der Waals surface area contributed by atoms with Crippen LogP contribution >= 0.6 is 0 Å². The molecule has 0 rings (SSSR count). The van der Waals surface area contributed by atoms with Crippen LogP contribution in [0.4, 0.5) is 0 Å². The fraction of sp³-hybridized carbons (Fsp3) is 1.00. The minimum absolute atomic E-state index is 0.685. The summed E-state index contributed by atoms with van der Waals surface area (Å²) in [6.07, 6.45) is 0. The van der Waals surface area contributed by atoms with E-state index in [-0.39, 0.29) is 0 Å². The monoisotopic (exact) mass is 83.1 g/mol. The fourth-order valence-corrected chi connectivity index (χ4v) is 0. The molecule has 0 aliphatic rings. The van der Waals surface area contributed by atoms with Gasteiger partial charge in [-0.25, -0.2) is 0 Å². The van der Waals surface area contributed by atoms with Crippen LogP contribution in [-0.4, -0.2) is 26.6 Å². The van der Waals surface area contributed by atoms with Crippen LogP contribution in [-0.2, 0) is 0 Å². The third kappa shape index (κ3) is 2.33. The lowest BCUT2D eigenvalue weighted by atomic mass is 9.64.